The quantitative estimate of drug-likeness (QED) is 0.630. The number of thioether (sulfide) groups is 1. The number of esters is 1. The van der Waals surface area contributed by atoms with Crippen molar-refractivity contribution in [2.24, 2.45) is 4.99 Å². The van der Waals surface area contributed by atoms with Gasteiger partial charge in [0.05, 0.1) is 17.8 Å². The van der Waals surface area contributed by atoms with Crippen LogP contribution in [0.3, 0.4) is 0 Å². The van der Waals surface area contributed by atoms with Crippen molar-refractivity contribution < 1.29 is 13.9 Å². The van der Waals surface area contributed by atoms with Crippen LogP contribution >= 0.6 is 11.8 Å². The molecule has 0 bridgehead atoms. The maximum Gasteiger partial charge on any atom is 0.343 e. The standard InChI is InChI=1S/C18H13FN2O2S/c19-14-5-1-13(2-6-14)17(22)23-15-7-3-12(4-8-15)16-11-24-18-20-9-10-21(16)18/h1-8,11H,9-10H2. The van der Waals surface area contributed by atoms with Crippen LogP contribution in [0.25, 0.3) is 5.70 Å². The molecule has 0 saturated heterocycles. The molecule has 0 unspecified atom stereocenters. The molecule has 0 saturated carbocycles. The number of amidine groups is 1. The summed E-state index contributed by atoms with van der Waals surface area (Å²) in [5.41, 5.74) is 2.48. The second-order valence-corrected chi connectivity index (χ2v) is 6.19. The number of hydrogen-bond acceptors (Lipinski definition) is 5. The normalized spacial score (nSPS) is 15.8. The summed E-state index contributed by atoms with van der Waals surface area (Å²) in [6, 6.07) is 12.6. The van der Waals surface area contributed by atoms with Gasteiger partial charge in [0.15, 0.2) is 5.17 Å². The monoisotopic (exact) mass is 340 g/mol. The van der Waals surface area contributed by atoms with E-state index >= 15 is 0 Å². The molecule has 4 nitrogen and oxygen atoms in total. The Morgan fingerprint density at radius 1 is 1.12 bits per heavy atom. The summed E-state index contributed by atoms with van der Waals surface area (Å²) in [6.07, 6.45) is 0. The number of hydrogen-bond donors (Lipinski definition) is 0. The van der Waals surface area contributed by atoms with Crippen LogP contribution in [0, 0.1) is 5.82 Å². The highest BCUT2D eigenvalue weighted by Crippen LogP contribution is 2.35. The predicted octanol–water partition coefficient (Wildman–Crippen LogP) is 3.76. The number of benzene rings is 2. The average Bonchev–Trinajstić information content (AvgIpc) is 3.20. The molecule has 0 atom stereocenters. The molecule has 120 valence electrons. The fourth-order valence-electron chi connectivity index (χ4n) is 2.59. The molecule has 24 heavy (non-hydrogen) atoms. The van der Waals surface area contributed by atoms with Crippen molar-refractivity contribution in [2.75, 3.05) is 13.1 Å². The lowest BCUT2D eigenvalue weighted by atomic mass is 10.1. The predicted molar refractivity (Wildman–Crippen MR) is 92.4 cm³/mol. The number of ether oxygens (including phenoxy) is 1. The summed E-state index contributed by atoms with van der Waals surface area (Å²) >= 11 is 1.63. The number of halogens is 1. The number of rotatable bonds is 3. The van der Waals surface area contributed by atoms with Crippen molar-refractivity contribution in [1.29, 1.82) is 0 Å². The van der Waals surface area contributed by atoms with Crippen molar-refractivity contribution in [3.05, 3.63) is 70.9 Å². The number of nitrogens with zero attached hydrogens (tertiary/aromatic N) is 2. The van der Waals surface area contributed by atoms with Crippen LogP contribution in [0.1, 0.15) is 15.9 Å². The highest BCUT2D eigenvalue weighted by atomic mass is 32.2. The first-order valence-corrected chi connectivity index (χ1v) is 8.36. The van der Waals surface area contributed by atoms with Crippen LogP contribution in [-0.4, -0.2) is 29.1 Å². The highest BCUT2D eigenvalue weighted by molar-refractivity contribution is 8.16. The molecule has 0 aliphatic carbocycles. The van der Waals surface area contributed by atoms with Gasteiger partial charge in [-0.3, -0.25) is 4.99 Å². The Morgan fingerprint density at radius 3 is 2.62 bits per heavy atom. The summed E-state index contributed by atoms with van der Waals surface area (Å²) in [4.78, 5) is 18.6. The third kappa shape index (κ3) is 2.80. The van der Waals surface area contributed by atoms with Crippen molar-refractivity contribution in [3.8, 4) is 5.75 Å². The van der Waals surface area contributed by atoms with Crippen molar-refractivity contribution in [3.63, 3.8) is 0 Å². The van der Waals surface area contributed by atoms with Crippen LogP contribution in [0.15, 0.2) is 58.9 Å². The smallest absolute Gasteiger partial charge is 0.343 e. The third-order valence-electron chi connectivity index (χ3n) is 3.81. The van der Waals surface area contributed by atoms with Crippen LogP contribution < -0.4 is 4.74 Å². The molecule has 2 aliphatic rings. The number of carbonyl (C=O) groups excluding carboxylic acids is 1. The fourth-order valence-corrected chi connectivity index (χ4v) is 3.56. The molecule has 6 heteroatoms. The topological polar surface area (TPSA) is 41.9 Å². The lowest BCUT2D eigenvalue weighted by Crippen LogP contribution is -2.19. The lowest BCUT2D eigenvalue weighted by molar-refractivity contribution is 0.0734. The molecular formula is C18H13FN2O2S. The average molecular weight is 340 g/mol. The molecule has 0 fully saturated rings. The van der Waals surface area contributed by atoms with Gasteiger partial charge in [-0.05, 0) is 54.1 Å². The van der Waals surface area contributed by atoms with Gasteiger partial charge in [-0.1, -0.05) is 11.8 Å². The summed E-state index contributed by atoms with van der Waals surface area (Å²) in [7, 11) is 0. The van der Waals surface area contributed by atoms with Crippen LogP contribution in [0.2, 0.25) is 0 Å². The van der Waals surface area contributed by atoms with E-state index in [1.54, 1.807) is 23.9 Å². The van der Waals surface area contributed by atoms with Crippen LogP contribution in [0.4, 0.5) is 4.39 Å². The zero-order valence-electron chi connectivity index (χ0n) is 12.6. The van der Waals surface area contributed by atoms with Crippen molar-refractivity contribution in [2.45, 2.75) is 0 Å². The van der Waals surface area contributed by atoms with Crippen molar-refractivity contribution in [1.82, 2.24) is 4.90 Å². The lowest BCUT2D eigenvalue weighted by Gasteiger charge is -2.16. The van der Waals surface area contributed by atoms with E-state index in [9.17, 15) is 9.18 Å². The van der Waals surface area contributed by atoms with E-state index in [0.29, 0.717) is 11.3 Å². The molecule has 2 aromatic carbocycles. The summed E-state index contributed by atoms with van der Waals surface area (Å²) < 4.78 is 18.2. The minimum Gasteiger partial charge on any atom is -0.423 e. The summed E-state index contributed by atoms with van der Waals surface area (Å²) in [5.74, 6) is -0.439. The van der Waals surface area contributed by atoms with Gasteiger partial charge in [0.1, 0.15) is 11.6 Å². The molecule has 2 aliphatic heterocycles. The molecule has 0 amide bonds. The van der Waals surface area contributed by atoms with Crippen molar-refractivity contribution >= 4 is 28.6 Å². The SMILES string of the molecule is O=C(Oc1ccc(C2=CSC3=NCCN23)cc1)c1ccc(F)cc1. The molecule has 4 rings (SSSR count). The zero-order chi connectivity index (χ0) is 16.5. The highest BCUT2D eigenvalue weighted by Gasteiger charge is 2.26. The Bertz CT molecular complexity index is 844. The Hall–Kier alpha value is -2.60. The first kappa shape index (κ1) is 15.0. The number of fused-ring (bicyclic) bond motifs is 1. The van der Waals surface area contributed by atoms with Gasteiger partial charge < -0.3 is 9.64 Å². The van der Waals surface area contributed by atoms with Gasteiger partial charge in [0.2, 0.25) is 0 Å². The molecule has 0 radical (unpaired) electrons. The summed E-state index contributed by atoms with van der Waals surface area (Å²) in [5, 5.41) is 3.12. The van der Waals surface area contributed by atoms with E-state index < -0.39 is 5.97 Å². The van der Waals surface area contributed by atoms with E-state index in [4.69, 9.17) is 4.74 Å². The zero-order valence-corrected chi connectivity index (χ0v) is 13.4. The number of carbonyl (C=O) groups is 1. The molecule has 0 spiro atoms. The molecular weight excluding hydrogens is 327 g/mol. The first-order valence-electron chi connectivity index (χ1n) is 7.48. The van der Waals surface area contributed by atoms with Gasteiger partial charge in [-0.25, -0.2) is 9.18 Å². The molecule has 0 N–H and O–H groups in total. The van der Waals surface area contributed by atoms with Gasteiger partial charge in [0.25, 0.3) is 0 Å². The van der Waals surface area contributed by atoms with Crippen LogP contribution in [0.5, 0.6) is 5.75 Å². The maximum atomic E-state index is 12.9. The fraction of sp³-hybridized carbons (Fsp3) is 0.111. The van der Waals surface area contributed by atoms with E-state index in [-0.39, 0.29) is 5.82 Å². The minimum absolute atomic E-state index is 0.313. The maximum absolute atomic E-state index is 12.9. The van der Waals surface area contributed by atoms with Gasteiger partial charge in [-0.15, -0.1) is 0 Å². The van der Waals surface area contributed by atoms with E-state index in [1.165, 1.54) is 24.3 Å². The Morgan fingerprint density at radius 2 is 1.88 bits per heavy atom. The molecule has 2 heterocycles. The first-order chi connectivity index (χ1) is 11.7. The van der Waals surface area contributed by atoms with E-state index in [0.717, 1.165) is 29.5 Å². The molecule has 0 aromatic heterocycles. The minimum atomic E-state index is -0.507. The van der Waals surface area contributed by atoms with Gasteiger partial charge >= 0.3 is 5.97 Å². The van der Waals surface area contributed by atoms with E-state index in [1.807, 2.05) is 12.1 Å². The third-order valence-corrected chi connectivity index (χ3v) is 4.71. The Balaban J connectivity index is 1.47. The second-order valence-electron chi connectivity index (χ2n) is 5.36. The Kier molecular flexibility index (Phi) is 3.82. The van der Waals surface area contributed by atoms with Gasteiger partial charge in [-0.2, -0.15) is 0 Å². The largest absolute Gasteiger partial charge is 0.423 e. The summed E-state index contributed by atoms with van der Waals surface area (Å²) in [6.45, 7) is 1.72. The van der Waals surface area contributed by atoms with E-state index in [2.05, 4.69) is 15.3 Å². The van der Waals surface area contributed by atoms with Crippen LogP contribution in [-0.2, 0) is 0 Å². The second kappa shape index (κ2) is 6.13. The van der Waals surface area contributed by atoms with Gasteiger partial charge in [0, 0.05) is 12.0 Å². The molecule has 2 aromatic rings. The number of aliphatic imine (C=N–C) groups is 1. The Labute approximate surface area is 142 Å².